The highest BCUT2D eigenvalue weighted by molar-refractivity contribution is 5.94. The first kappa shape index (κ1) is 13.6. The van der Waals surface area contributed by atoms with Crippen LogP contribution in [0.2, 0.25) is 0 Å². The van der Waals surface area contributed by atoms with Crippen LogP contribution in [0.4, 0.5) is 13.2 Å². The number of hydrogen-bond donors (Lipinski definition) is 0. The third-order valence-corrected chi connectivity index (χ3v) is 2.93. The number of benzene rings is 1. The maximum Gasteiger partial charge on any atom is 0.454 e. The molecule has 0 aromatic heterocycles. The van der Waals surface area contributed by atoms with Gasteiger partial charge in [0.2, 0.25) is 0 Å². The van der Waals surface area contributed by atoms with Gasteiger partial charge in [0.1, 0.15) is 5.76 Å². The molecule has 1 saturated heterocycles. The summed E-state index contributed by atoms with van der Waals surface area (Å²) < 4.78 is 41.4. The van der Waals surface area contributed by atoms with Crippen LogP contribution in [0.25, 0.3) is 0 Å². The lowest BCUT2D eigenvalue weighted by molar-refractivity contribution is -0.165. The fourth-order valence-corrected chi connectivity index (χ4v) is 2.03. The number of hydrogen-bond acceptors (Lipinski definition) is 2. The van der Waals surface area contributed by atoms with E-state index in [1.165, 1.54) is 0 Å². The van der Waals surface area contributed by atoms with Gasteiger partial charge in [-0.3, -0.25) is 4.79 Å². The summed E-state index contributed by atoms with van der Waals surface area (Å²) in [6.45, 7) is 0.353. The second kappa shape index (κ2) is 5.47. The zero-order valence-corrected chi connectivity index (χ0v) is 10.1. The average molecular weight is 270 g/mol. The molecule has 0 amide bonds. The molecular weight excluding hydrogens is 257 g/mol. The molecule has 5 heteroatoms. The second-order valence-corrected chi connectivity index (χ2v) is 4.54. The van der Waals surface area contributed by atoms with E-state index >= 15 is 0 Å². The number of carbonyl (C=O) groups excluding carboxylic acids is 1. The van der Waals surface area contributed by atoms with Crippen LogP contribution in [0.3, 0.4) is 0 Å². The van der Waals surface area contributed by atoms with Gasteiger partial charge in [-0.1, -0.05) is 30.3 Å². The van der Waals surface area contributed by atoms with Crippen molar-refractivity contribution in [3.05, 3.63) is 47.7 Å². The molecule has 0 aliphatic carbocycles. The second-order valence-electron chi connectivity index (χ2n) is 4.54. The number of alkyl halides is 3. The minimum Gasteiger partial charge on any atom is -0.497 e. The molecule has 19 heavy (non-hydrogen) atoms. The van der Waals surface area contributed by atoms with Gasteiger partial charge in [0.05, 0.1) is 6.61 Å². The average Bonchev–Trinajstić information content (AvgIpc) is 2.76. The minimum atomic E-state index is -4.83. The number of ether oxygens (including phenoxy) is 1. The van der Waals surface area contributed by atoms with Gasteiger partial charge in [0.15, 0.2) is 0 Å². The zero-order chi connectivity index (χ0) is 13.9. The maximum absolute atomic E-state index is 12.1. The zero-order valence-electron chi connectivity index (χ0n) is 10.1. The molecule has 1 fully saturated rings. The summed E-state index contributed by atoms with van der Waals surface area (Å²) in [5, 5.41) is 0. The van der Waals surface area contributed by atoms with Crippen LogP contribution in [0, 0.1) is 5.92 Å². The molecule has 1 unspecified atom stereocenters. The topological polar surface area (TPSA) is 26.3 Å². The number of ketones is 1. The highest BCUT2D eigenvalue weighted by Gasteiger charge is 2.37. The summed E-state index contributed by atoms with van der Waals surface area (Å²) in [6.07, 6.45) is -3.16. The molecular formula is C14H13F3O2. The summed E-state index contributed by atoms with van der Waals surface area (Å²) in [7, 11) is 0. The summed E-state index contributed by atoms with van der Waals surface area (Å²) in [4.78, 5) is 10.8. The van der Waals surface area contributed by atoms with Gasteiger partial charge in [-0.05, 0) is 12.0 Å². The molecule has 0 spiro atoms. The third-order valence-electron chi connectivity index (χ3n) is 2.93. The van der Waals surface area contributed by atoms with Crippen LogP contribution < -0.4 is 0 Å². The molecule has 0 bridgehead atoms. The van der Waals surface area contributed by atoms with Crippen LogP contribution in [-0.4, -0.2) is 18.6 Å². The lowest BCUT2D eigenvalue weighted by Crippen LogP contribution is -2.20. The normalized spacial score (nSPS) is 21.4. The Bertz CT molecular complexity index is 477. The Morgan fingerprint density at radius 1 is 1.32 bits per heavy atom. The van der Waals surface area contributed by atoms with Crippen molar-refractivity contribution in [3.8, 4) is 0 Å². The molecule has 0 saturated carbocycles. The Labute approximate surface area is 108 Å². The van der Waals surface area contributed by atoms with Crippen molar-refractivity contribution in [2.45, 2.75) is 19.0 Å². The smallest absolute Gasteiger partial charge is 0.454 e. The molecule has 1 aliphatic rings. The van der Waals surface area contributed by atoms with E-state index in [9.17, 15) is 18.0 Å². The number of rotatable bonds is 3. The van der Waals surface area contributed by atoms with Gasteiger partial charge in [0, 0.05) is 18.4 Å². The van der Waals surface area contributed by atoms with Gasteiger partial charge in [-0.25, -0.2) is 0 Å². The molecule has 0 radical (unpaired) electrons. The summed E-state index contributed by atoms with van der Waals surface area (Å²) >= 11 is 0. The fraction of sp³-hybridized carbons (Fsp3) is 0.357. The molecule has 1 aromatic carbocycles. The van der Waals surface area contributed by atoms with E-state index in [0.29, 0.717) is 19.1 Å². The van der Waals surface area contributed by atoms with E-state index in [2.05, 4.69) is 0 Å². The summed E-state index contributed by atoms with van der Waals surface area (Å²) in [5.74, 6) is -1.61. The van der Waals surface area contributed by atoms with Gasteiger partial charge in [0.25, 0.3) is 5.78 Å². The van der Waals surface area contributed by atoms with Gasteiger partial charge >= 0.3 is 6.18 Å². The lowest BCUT2D eigenvalue weighted by atomic mass is 9.98. The molecule has 0 N–H and O–H groups in total. The Hall–Kier alpha value is -1.78. The van der Waals surface area contributed by atoms with E-state index in [1.54, 1.807) is 0 Å². The maximum atomic E-state index is 12.1. The van der Waals surface area contributed by atoms with Crippen molar-refractivity contribution in [2.75, 3.05) is 6.61 Å². The van der Waals surface area contributed by atoms with Crippen molar-refractivity contribution in [2.24, 2.45) is 5.92 Å². The van der Waals surface area contributed by atoms with Crippen LogP contribution in [0.5, 0.6) is 0 Å². The molecule has 102 valence electrons. The number of allylic oxidation sites excluding steroid dienone is 2. The highest BCUT2D eigenvalue weighted by Crippen LogP contribution is 2.27. The van der Waals surface area contributed by atoms with E-state index in [1.807, 2.05) is 30.3 Å². The molecule has 2 rings (SSSR count). The molecule has 1 atom stereocenters. The van der Waals surface area contributed by atoms with Gasteiger partial charge in [-0.2, -0.15) is 13.2 Å². The Morgan fingerprint density at radius 3 is 2.63 bits per heavy atom. The predicted octanol–water partition coefficient (Wildman–Crippen LogP) is 3.28. The minimum absolute atomic E-state index is 0.120. The third kappa shape index (κ3) is 3.84. The largest absolute Gasteiger partial charge is 0.497 e. The van der Waals surface area contributed by atoms with Crippen molar-refractivity contribution in [1.82, 2.24) is 0 Å². The first-order chi connectivity index (χ1) is 8.95. The van der Waals surface area contributed by atoms with Crippen molar-refractivity contribution in [3.63, 3.8) is 0 Å². The Balaban J connectivity index is 1.93. The van der Waals surface area contributed by atoms with Crippen LogP contribution in [-0.2, 0) is 16.0 Å². The van der Waals surface area contributed by atoms with Gasteiger partial charge < -0.3 is 4.74 Å². The van der Waals surface area contributed by atoms with E-state index in [0.717, 1.165) is 12.0 Å². The number of carbonyl (C=O) groups is 1. The summed E-state index contributed by atoms with van der Waals surface area (Å²) in [6, 6.07) is 9.65. The van der Waals surface area contributed by atoms with Crippen molar-refractivity contribution >= 4 is 5.78 Å². The summed E-state index contributed by atoms with van der Waals surface area (Å²) in [5.41, 5.74) is 1.11. The van der Waals surface area contributed by atoms with Crippen molar-refractivity contribution < 1.29 is 22.7 Å². The Kier molecular flexibility index (Phi) is 3.93. The van der Waals surface area contributed by atoms with E-state index < -0.39 is 12.0 Å². The highest BCUT2D eigenvalue weighted by atomic mass is 19.4. The predicted molar refractivity (Wildman–Crippen MR) is 63.4 cm³/mol. The van der Waals surface area contributed by atoms with Crippen LogP contribution >= 0.6 is 0 Å². The lowest BCUT2D eigenvalue weighted by Gasteiger charge is -2.05. The Morgan fingerprint density at radius 2 is 2.00 bits per heavy atom. The molecule has 1 aromatic rings. The van der Waals surface area contributed by atoms with E-state index in [-0.39, 0.29) is 11.7 Å². The van der Waals surface area contributed by atoms with Crippen LogP contribution in [0.1, 0.15) is 12.0 Å². The first-order valence-corrected chi connectivity index (χ1v) is 5.93. The standard InChI is InChI=1S/C14H13F3O2/c15-14(16,17)13(18)8-12-7-11(9-19-12)6-10-4-2-1-3-5-10/h1-5,8,11H,6-7,9H2/b12-8-. The molecule has 1 heterocycles. The quantitative estimate of drug-likeness (QED) is 0.788. The molecule has 2 nitrogen and oxygen atoms in total. The van der Waals surface area contributed by atoms with Crippen molar-refractivity contribution in [1.29, 1.82) is 0 Å². The molecule has 1 aliphatic heterocycles. The number of halogens is 3. The van der Waals surface area contributed by atoms with E-state index in [4.69, 9.17) is 4.74 Å². The van der Waals surface area contributed by atoms with Crippen LogP contribution in [0.15, 0.2) is 42.2 Å². The fourth-order valence-electron chi connectivity index (χ4n) is 2.03. The SMILES string of the molecule is O=C(/C=C1/CC(Cc2ccccc2)CO1)C(F)(F)F. The van der Waals surface area contributed by atoms with Gasteiger partial charge in [-0.15, -0.1) is 0 Å². The first-order valence-electron chi connectivity index (χ1n) is 5.93. The monoisotopic (exact) mass is 270 g/mol.